The molecule has 0 aliphatic carbocycles. The second kappa shape index (κ2) is 5.40. The summed E-state index contributed by atoms with van der Waals surface area (Å²) in [5.41, 5.74) is 7.14. The molecule has 1 aromatic heterocycles. The molecule has 0 bridgehead atoms. The van der Waals surface area contributed by atoms with E-state index in [-0.39, 0.29) is 10.8 Å². The lowest BCUT2D eigenvalue weighted by atomic mass is 10.2. The Kier molecular flexibility index (Phi) is 3.85. The van der Waals surface area contributed by atoms with E-state index >= 15 is 0 Å². The third-order valence-corrected chi connectivity index (χ3v) is 3.04. The Balaban J connectivity index is 2.40. The fourth-order valence-electron chi connectivity index (χ4n) is 1.58. The quantitative estimate of drug-likeness (QED) is 0.904. The summed E-state index contributed by atoms with van der Waals surface area (Å²) >= 11 is 5.97. The van der Waals surface area contributed by atoms with Crippen LogP contribution in [-0.4, -0.2) is 9.97 Å². The average molecular weight is 281 g/mol. The number of benzene rings is 1. The minimum Gasteiger partial charge on any atom is -0.383 e. The number of hydrogen-bond acceptors (Lipinski definition) is 4. The predicted molar refractivity (Wildman–Crippen MR) is 75.3 cm³/mol. The van der Waals surface area contributed by atoms with E-state index in [0.29, 0.717) is 29.6 Å². The van der Waals surface area contributed by atoms with Gasteiger partial charge in [-0.1, -0.05) is 18.5 Å². The molecular formula is C13H14ClFN4. The Morgan fingerprint density at radius 2 is 2.11 bits per heavy atom. The molecule has 1 aromatic carbocycles. The molecule has 0 amide bonds. The fraction of sp³-hybridized carbons (Fsp3) is 0.231. The van der Waals surface area contributed by atoms with Crippen molar-refractivity contribution in [3.8, 4) is 0 Å². The van der Waals surface area contributed by atoms with Gasteiger partial charge in [-0.25, -0.2) is 14.4 Å². The highest BCUT2D eigenvalue weighted by Gasteiger charge is 2.10. The van der Waals surface area contributed by atoms with E-state index in [1.54, 1.807) is 6.07 Å². The first-order chi connectivity index (χ1) is 9.01. The lowest BCUT2D eigenvalue weighted by Gasteiger charge is -2.12. The molecule has 0 aliphatic heterocycles. The third-order valence-electron chi connectivity index (χ3n) is 2.73. The summed E-state index contributed by atoms with van der Waals surface area (Å²) in [5, 5.41) is 3.34. The van der Waals surface area contributed by atoms with Gasteiger partial charge < -0.3 is 11.1 Å². The van der Waals surface area contributed by atoms with Crippen LogP contribution in [0.2, 0.25) is 5.02 Å². The van der Waals surface area contributed by atoms with Crippen LogP contribution in [0.4, 0.5) is 21.7 Å². The molecule has 0 spiro atoms. The third kappa shape index (κ3) is 2.93. The van der Waals surface area contributed by atoms with Crippen LogP contribution >= 0.6 is 11.6 Å². The summed E-state index contributed by atoms with van der Waals surface area (Å²) in [6, 6.07) is 4.13. The van der Waals surface area contributed by atoms with Crippen LogP contribution in [0, 0.1) is 12.7 Å². The summed E-state index contributed by atoms with van der Waals surface area (Å²) in [6.07, 6.45) is 0.677. The van der Waals surface area contributed by atoms with E-state index in [9.17, 15) is 4.39 Å². The first-order valence-electron chi connectivity index (χ1n) is 5.86. The summed E-state index contributed by atoms with van der Waals surface area (Å²) in [6.45, 7) is 3.76. The molecule has 0 fully saturated rings. The van der Waals surface area contributed by atoms with E-state index in [1.807, 2.05) is 13.8 Å². The Labute approximate surface area is 115 Å². The zero-order chi connectivity index (χ0) is 14.0. The highest BCUT2D eigenvalue weighted by Crippen LogP contribution is 2.28. The standard InChI is InChI=1S/C13H14ClFN4/c1-3-11-18-12(16)7(2)13(19-11)17-10-5-4-8(15)6-9(10)14/h4-6H,3H2,1-2H3,(H3,16,17,18,19). The molecule has 2 rings (SSSR count). The number of halogens is 2. The van der Waals surface area contributed by atoms with Crippen LogP contribution in [0.1, 0.15) is 18.3 Å². The van der Waals surface area contributed by atoms with Gasteiger partial charge in [0, 0.05) is 12.0 Å². The Hall–Kier alpha value is -1.88. The predicted octanol–water partition coefficient (Wildman–Crippen LogP) is 3.47. The second-order valence-corrected chi connectivity index (χ2v) is 4.51. The van der Waals surface area contributed by atoms with Crippen molar-refractivity contribution in [1.82, 2.24) is 9.97 Å². The van der Waals surface area contributed by atoms with Crippen molar-refractivity contribution in [2.75, 3.05) is 11.1 Å². The summed E-state index contributed by atoms with van der Waals surface area (Å²) in [5.74, 6) is 1.26. The van der Waals surface area contributed by atoms with Crippen molar-refractivity contribution >= 4 is 28.9 Å². The van der Waals surface area contributed by atoms with Crippen molar-refractivity contribution in [1.29, 1.82) is 0 Å². The zero-order valence-corrected chi connectivity index (χ0v) is 11.4. The van der Waals surface area contributed by atoms with Crippen LogP contribution in [-0.2, 0) is 6.42 Å². The monoisotopic (exact) mass is 280 g/mol. The number of nitrogens with zero attached hydrogens (tertiary/aromatic N) is 2. The molecule has 19 heavy (non-hydrogen) atoms. The maximum Gasteiger partial charge on any atom is 0.139 e. The molecule has 3 N–H and O–H groups in total. The molecule has 100 valence electrons. The number of nitrogen functional groups attached to an aromatic ring is 1. The minimum atomic E-state index is -0.385. The molecule has 0 saturated carbocycles. The molecule has 0 atom stereocenters. The van der Waals surface area contributed by atoms with Gasteiger partial charge in [0.25, 0.3) is 0 Å². The smallest absolute Gasteiger partial charge is 0.139 e. The number of hydrogen-bond donors (Lipinski definition) is 2. The van der Waals surface area contributed by atoms with Gasteiger partial charge in [0.1, 0.15) is 23.3 Å². The van der Waals surface area contributed by atoms with Crippen molar-refractivity contribution in [2.24, 2.45) is 0 Å². The van der Waals surface area contributed by atoms with Crippen LogP contribution in [0.15, 0.2) is 18.2 Å². The topological polar surface area (TPSA) is 63.8 Å². The van der Waals surface area contributed by atoms with Gasteiger partial charge >= 0.3 is 0 Å². The number of rotatable bonds is 3. The van der Waals surface area contributed by atoms with Crippen molar-refractivity contribution in [2.45, 2.75) is 20.3 Å². The molecule has 0 unspecified atom stereocenters. The largest absolute Gasteiger partial charge is 0.383 e. The first kappa shape index (κ1) is 13.5. The van der Waals surface area contributed by atoms with Gasteiger partial charge in [-0.05, 0) is 25.1 Å². The van der Waals surface area contributed by atoms with Gasteiger partial charge in [-0.2, -0.15) is 0 Å². The Bertz CT molecular complexity index is 616. The molecule has 2 aromatic rings. The van der Waals surface area contributed by atoms with E-state index in [0.717, 1.165) is 5.56 Å². The molecule has 0 radical (unpaired) electrons. The van der Waals surface area contributed by atoms with E-state index in [1.165, 1.54) is 12.1 Å². The van der Waals surface area contributed by atoms with E-state index in [2.05, 4.69) is 15.3 Å². The van der Waals surface area contributed by atoms with Crippen molar-refractivity contribution < 1.29 is 4.39 Å². The molecule has 0 saturated heterocycles. The number of anilines is 3. The molecule has 6 heteroatoms. The maximum absolute atomic E-state index is 13.0. The fourth-order valence-corrected chi connectivity index (χ4v) is 1.79. The van der Waals surface area contributed by atoms with Gasteiger partial charge in [0.05, 0.1) is 10.7 Å². The minimum absolute atomic E-state index is 0.287. The SMILES string of the molecule is CCc1nc(N)c(C)c(Nc2ccc(F)cc2Cl)n1. The lowest BCUT2D eigenvalue weighted by Crippen LogP contribution is -2.06. The van der Waals surface area contributed by atoms with Gasteiger partial charge in [0.2, 0.25) is 0 Å². The highest BCUT2D eigenvalue weighted by molar-refractivity contribution is 6.33. The van der Waals surface area contributed by atoms with Crippen LogP contribution in [0.3, 0.4) is 0 Å². The molecule has 1 heterocycles. The molecular weight excluding hydrogens is 267 g/mol. The van der Waals surface area contributed by atoms with E-state index in [4.69, 9.17) is 17.3 Å². The first-order valence-corrected chi connectivity index (χ1v) is 6.24. The Morgan fingerprint density at radius 3 is 2.74 bits per heavy atom. The van der Waals surface area contributed by atoms with Crippen LogP contribution in [0.5, 0.6) is 0 Å². The maximum atomic E-state index is 13.0. The molecule has 0 aliphatic rings. The van der Waals surface area contributed by atoms with Crippen molar-refractivity contribution in [3.05, 3.63) is 40.4 Å². The van der Waals surface area contributed by atoms with Crippen molar-refractivity contribution in [3.63, 3.8) is 0 Å². The number of nitrogens with one attached hydrogen (secondary N) is 1. The second-order valence-electron chi connectivity index (χ2n) is 4.10. The number of nitrogens with two attached hydrogens (primary N) is 1. The average Bonchev–Trinajstić information content (AvgIpc) is 2.37. The van der Waals surface area contributed by atoms with Crippen LogP contribution in [0.25, 0.3) is 0 Å². The van der Waals surface area contributed by atoms with Crippen LogP contribution < -0.4 is 11.1 Å². The summed E-state index contributed by atoms with van der Waals surface area (Å²) < 4.78 is 13.0. The van der Waals surface area contributed by atoms with Gasteiger partial charge in [0.15, 0.2) is 0 Å². The lowest BCUT2D eigenvalue weighted by molar-refractivity contribution is 0.628. The zero-order valence-electron chi connectivity index (χ0n) is 10.7. The van der Waals surface area contributed by atoms with Gasteiger partial charge in [-0.15, -0.1) is 0 Å². The number of aryl methyl sites for hydroxylation is 1. The summed E-state index contributed by atoms with van der Waals surface area (Å²) in [7, 11) is 0. The molecule has 4 nitrogen and oxygen atoms in total. The summed E-state index contributed by atoms with van der Waals surface area (Å²) in [4.78, 5) is 8.52. The number of aromatic nitrogens is 2. The highest BCUT2D eigenvalue weighted by atomic mass is 35.5. The van der Waals surface area contributed by atoms with Gasteiger partial charge in [-0.3, -0.25) is 0 Å². The van der Waals surface area contributed by atoms with E-state index < -0.39 is 0 Å². The Morgan fingerprint density at radius 1 is 1.37 bits per heavy atom. The normalized spacial score (nSPS) is 10.5.